The van der Waals surface area contributed by atoms with Crippen LogP contribution < -0.4 is 0 Å². The van der Waals surface area contributed by atoms with Crippen LogP contribution in [0, 0.1) is 13.0 Å². The van der Waals surface area contributed by atoms with Gasteiger partial charge in [0.25, 0.3) is 0 Å². The first kappa shape index (κ1) is 9.10. The number of alkyl halides is 3. The van der Waals surface area contributed by atoms with E-state index < -0.39 is 12.6 Å². The van der Waals surface area contributed by atoms with E-state index in [1.54, 1.807) is 13.0 Å². The summed E-state index contributed by atoms with van der Waals surface area (Å²) >= 11 is 0. The van der Waals surface area contributed by atoms with E-state index in [1.807, 2.05) is 0 Å². The van der Waals surface area contributed by atoms with Crippen LogP contribution in [0.4, 0.5) is 13.2 Å². The molecule has 0 atom stereocenters. The molecule has 0 aromatic heterocycles. The van der Waals surface area contributed by atoms with E-state index in [-0.39, 0.29) is 5.56 Å². The van der Waals surface area contributed by atoms with E-state index in [0.717, 1.165) is 5.56 Å². The van der Waals surface area contributed by atoms with Crippen molar-refractivity contribution in [1.29, 1.82) is 0 Å². The summed E-state index contributed by atoms with van der Waals surface area (Å²) in [5.41, 5.74) is 1.11. The molecule has 0 aliphatic carbocycles. The van der Waals surface area contributed by atoms with Crippen molar-refractivity contribution in [3.05, 3.63) is 35.4 Å². The Morgan fingerprint density at radius 3 is 2.42 bits per heavy atom. The molecule has 0 nitrogen and oxygen atoms in total. The highest BCUT2D eigenvalue weighted by Gasteiger charge is 2.27. The Morgan fingerprint density at radius 1 is 1.33 bits per heavy atom. The van der Waals surface area contributed by atoms with Gasteiger partial charge in [0.2, 0.25) is 0 Å². The predicted molar refractivity (Wildman–Crippen MR) is 39.8 cm³/mol. The molecule has 0 N–H and O–H groups in total. The van der Waals surface area contributed by atoms with Crippen LogP contribution in [-0.4, -0.2) is 6.18 Å². The van der Waals surface area contributed by atoms with Crippen LogP contribution in [-0.2, 0) is 6.42 Å². The average Bonchev–Trinajstić information content (AvgIpc) is 1.91. The first-order valence-corrected chi connectivity index (χ1v) is 3.51. The normalized spacial score (nSPS) is 11.7. The SMILES string of the molecule is Cc1[c]cc(CC(F)(F)F)cc1. The van der Waals surface area contributed by atoms with Gasteiger partial charge in [-0.15, -0.1) is 0 Å². The van der Waals surface area contributed by atoms with Gasteiger partial charge in [-0.25, -0.2) is 0 Å². The molecule has 0 bridgehead atoms. The number of halogens is 3. The van der Waals surface area contributed by atoms with Gasteiger partial charge in [-0.1, -0.05) is 18.2 Å². The first-order chi connectivity index (χ1) is 5.47. The highest BCUT2D eigenvalue weighted by Crippen LogP contribution is 2.20. The molecule has 3 heteroatoms. The Bertz CT molecular complexity index is 245. The van der Waals surface area contributed by atoms with Gasteiger partial charge in [-0.3, -0.25) is 0 Å². The molecule has 0 aliphatic heterocycles. The maximum absolute atomic E-state index is 11.8. The molecule has 1 aromatic rings. The summed E-state index contributed by atoms with van der Waals surface area (Å²) in [7, 11) is 0. The van der Waals surface area contributed by atoms with Crippen LogP contribution >= 0.6 is 0 Å². The summed E-state index contributed by atoms with van der Waals surface area (Å²) in [6, 6.07) is 7.20. The standard InChI is InChI=1S/C9H8F3/c1-7-2-4-8(5-3-7)6-9(10,11)12/h2,4-5H,6H2,1H3. The maximum Gasteiger partial charge on any atom is 0.393 e. The molecule has 65 valence electrons. The largest absolute Gasteiger partial charge is 0.393 e. The van der Waals surface area contributed by atoms with Gasteiger partial charge in [0, 0.05) is 0 Å². The second-order valence-electron chi connectivity index (χ2n) is 2.67. The number of hydrogen-bond acceptors (Lipinski definition) is 0. The van der Waals surface area contributed by atoms with Crippen LogP contribution in [0.15, 0.2) is 18.2 Å². The Kier molecular flexibility index (Phi) is 2.40. The third-order valence-corrected chi connectivity index (χ3v) is 1.44. The monoisotopic (exact) mass is 173 g/mol. The van der Waals surface area contributed by atoms with Crippen molar-refractivity contribution in [2.75, 3.05) is 0 Å². The minimum Gasteiger partial charge on any atom is -0.171 e. The van der Waals surface area contributed by atoms with Crippen LogP contribution in [0.5, 0.6) is 0 Å². The fourth-order valence-electron chi connectivity index (χ4n) is 0.876. The number of hydrogen-bond donors (Lipinski definition) is 0. The predicted octanol–water partition coefficient (Wildman–Crippen LogP) is 2.90. The summed E-state index contributed by atoms with van der Waals surface area (Å²) in [5.74, 6) is 0. The van der Waals surface area contributed by atoms with E-state index in [1.165, 1.54) is 12.1 Å². The Balaban J connectivity index is 2.71. The highest BCUT2D eigenvalue weighted by molar-refractivity contribution is 5.20. The average molecular weight is 173 g/mol. The Morgan fingerprint density at radius 2 is 2.00 bits per heavy atom. The zero-order chi connectivity index (χ0) is 9.19. The summed E-state index contributed by atoms with van der Waals surface area (Å²) in [5, 5.41) is 0. The van der Waals surface area contributed by atoms with Gasteiger partial charge >= 0.3 is 6.18 Å². The summed E-state index contributed by atoms with van der Waals surface area (Å²) in [4.78, 5) is 0. The minimum atomic E-state index is -4.12. The van der Waals surface area contributed by atoms with E-state index in [4.69, 9.17) is 0 Å². The second kappa shape index (κ2) is 3.17. The van der Waals surface area contributed by atoms with Gasteiger partial charge in [0.05, 0.1) is 6.42 Å². The molecule has 0 unspecified atom stereocenters. The molecular weight excluding hydrogens is 165 g/mol. The number of rotatable bonds is 1. The lowest BCUT2D eigenvalue weighted by Crippen LogP contribution is -2.11. The molecular formula is C9H8F3. The van der Waals surface area contributed by atoms with E-state index in [9.17, 15) is 13.2 Å². The third-order valence-electron chi connectivity index (χ3n) is 1.44. The number of benzene rings is 1. The van der Waals surface area contributed by atoms with Gasteiger partial charge in [-0.2, -0.15) is 13.2 Å². The third kappa shape index (κ3) is 2.95. The number of aryl methyl sites for hydroxylation is 1. The highest BCUT2D eigenvalue weighted by atomic mass is 19.4. The van der Waals surface area contributed by atoms with Crippen molar-refractivity contribution in [3.8, 4) is 0 Å². The van der Waals surface area contributed by atoms with Crippen molar-refractivity contribution < 1.29 is 13.2 Å². The van der Waals surface area contributed by atoms with Crippen LogP contribution in [0.25, 0.3) is 0 Å². The Hall–Kier alpha value is -0.990. The molecule has 0 saturated heterocycles. The van der Waals surface area contributed by atoms with Gasteiger partial charge in [0.15, 0.2) is 0 Å². The molecule has 0 amide bonds. The molecule has 0 saturated carbocycles. The molecule has 12 heavy (non-hydrogen) atoms. The first-order valence-electron chi connectivity index (χ1n) is 3.51. The maximum atomic E-state index is 11.8. The molecule has 0 heterocycles. The van der Waals surface area contributed by atoms with Crippen LogP contribution in [0.1, 0.15) is 11.1 Å². The lowest BCUT2D eigenvalue weighted by molar-refractivity contribution is -0.127. The van der Waals surface area contributed by atoms with Crippen molar-refractivity contribution in [1.82, 2.24) is 0 Å². The quantitative estimate of drug-likeness (QED) is 0.612. The van der Waals surface area contributed by atoms with Gasteiger partial charge < -0.3 is 0 Å². The molecule has 1 radical (unpaired) electrons. The van der Waals surface area contributed by atoms with Crippen molar-refractivity contribution in [2.24, 2.45) is 0 Å². The fraction of sp³-hybridized carbons (Fsp3) is 0.333. The summed E-state index contributed by atoms with van der Waals surface area (Å²) in [6.45, 7) is 1.79. The van der Waals surface area contributed by atoms with E-state index >= 15 is 0 Å². The van der Waals surface area contributed by atoms with E-state index in [0.29, 0.717) is 0 Å². The minimum absolute atomic E-state index is 0.258. The van der Waals surface area contributed by atoms with Gasteiger partial charge in [0.1, 0.15) is 0 Å². The summed E-state index contributed by atoms with van der Waals surface area (Å²) in [6.07, 6.45) is -4.99. The topological polar surface area (TPSA) is 0 Å². The van der Waals surface area contributed by atoms with Gasteiger partial charge in [-0.05, 0) is 24.1 Å². The second-order valence-corrected chi connectivity index (χ2v) is 2.67. The molecule has 0 fully saturated rings. The zero-order valence-electron chi connectivity index (χ0n) is 6.57. The molecule has 1 rings (SSSR count). The van der Waals surface area contributed by atoms with Crippen LogP contribution in [0.3, 0.4) is 0 Å². The van der Waals surface area contributed by atoms with Crippen LogP contribution in [0.2, 0.25) is 0 Å². The zero-order valence-corrected chi connectivity index (χ0v) is 6.57. The lowest BCUT2D eigenvalue weighted by atomic mass is 10.1. The van der Waals surface area contributed by atoms with E-state index in [2.05, 4.69) is 6.07 Å². The molecule has 1 aromatic carbocycles. The summed E-state index contributed by atoms with van der Waals surface area (Å²) < 4.78 is 35.5. The molecule has 0 aliphatic rings. The van der Waals surface area contributed by atoms with Crippen molar-refractivity contribution >= 4 is 0 Å². The Labute approximate surface area is 69.0 Å². The van der Waals surface area contributed by atoms with Crippen molar-refractivity contribution in [3.63, 3.8) is 0 Å². The fourth-order valence-corrected chi connectivity index (χ4v) is 0.876. The smallest absolute Gasteiger partial charge is 0.171 e. The van der Waals surface area contributed by atoms with Crippen molar-refractivity contribution in [2.45, 2.75) is 19.5 Å². The molecule has 0 spiro atoms. The lowest BCUT2D eigenvalue weighted by Gasteiger charge is -2.05.